The fourth-order valence-electron chi connectivity index (χ4n) is 1.57. The molecular formula is C13H17F2NO3. The highest BCUT2D eigenvalue weighted by Gasteiger charge is 2.08. The van der Waals surface area contributed by atoms with Gasteiger partial charge in [0.05, 0.1) is 6.42 Å². The molecule has 19 heavy (non-hydrogen) atoms. The topological polar surface area (TPSA) is 58.6 Å². The summed E-state index contributed by atoms with van der Waals surface area (Å²) >= 11 is 0. The van der Waals surface area contributed by atoms with Crippen molar-refractivity contribution in [2.45, 2.75) is 32.4 Å². The second-order valence-corrected chi connectivity index (χ2v) is 4.18. The SMILES string of the molecule is CC(CCO)NC(=O)Cc1ccc(OC(F)F)cc1. The summed E-state index contributed by atoms with van der Waals surface area (Å²) in [5.41, 5.74) is 0.704. The highest BCUT2D eigenvalue weighted by atomic mass is 19.3. The van der Waals surface area contributed by atoms with Crippen LogP contribution in [0.4, 0.5) is 8.78 Å². The Labute approximate surface area is 110 Å². The summed E-state index contributed by atoms with van der Waals surface area (Å²) in [6.07, 6.45) is 0.650. The van der Waals surface area contributed by atoms with Gasteiger partial charge in [0, 0.05) is 12.6 Å². The number of alkyl halides is 2. The number of amides is 1. The standard InChI is InChI=1S/C13H17F2NO3/c1-9(6-7-17)16-12(18)8-10-2-4-11(5-3-10)19-13(14)15/h2-5,9,13,17H,6-8H2,1H3,(H,16,18). The van der Waals surface area contributed by atoms with E-state index in [0.29, 0.717) is 12.0 Å². The summed E-state index contributed by atoms with van der Waals surface area (Å²) in [5.74, 6) is -0.115. The van der Waals surface area contributed by atoms with Gasteiger partial charge in [-0.15, -0.1) is 0 Å². The molecule has 6 heteroatoms. The predicted molar refractivity (Wildman–Crippen MR) is 66.1 cm³/mol. The van der Waals surface area contributed by atoms with Crippen LogP contribution in [0.3, 0.4) is 0 Å². The van der Waals surface area contributed by atoms with Gasteiger partial charge in [-0.05, 0) is 31.0 Å². The lowest BCUT2D eigenvalue weighted by Gasteiger charge is -2.12. The minimum atomic E-state index is -2.85. The maximum atomic E-state index is 11.9. The average Bonchev–Trinajstić information content (AvgIpc) is 2.31. The molecule has 0 aliphatic heterocycles. The summed E-state index contributed by atoms with van der Waals surface area (Å²) in [6, 6.07) is 5.82. The second-order valence-electron chi connectivity index (χ2n) is 4.18. The molecule has 0 saturated carbocycles. The number of aliphatic hydroxyl groups excluding tert-OH is 1. The maximum Gasteiger partial charge on any atom is 0.387 e. The third kappa shape index (κ3) is 6.15. The van der Waals surface area contributed by atoms with Gasteiger partial charge in [-0.1, -0.05) is 12.1 Å². The van der Waals surface area contributed by atoms with Crippen molar-refractivity contribution in [3.63, 3.8) is 0 Å². The third-order valence-electron chi connectivity index (χ3n) is 2.48. The zero-order chi connectivity index (χ0) is 14.3. The van der Waals surface area contributed by atoms with Gasteiger partial charge in [0.25, 0.3) is 0 Å². The van der Waals surface area contributed by atoms with Crippen LogP contribution in [0.25, 0.3) is 0 Å². The lowest BCUT2D eigenvalue weighted by Crippen LogP contribution is -2.34. The summed E-state index contributed by atoms with van der Waals surface area (Å²) in [7, 11) is 0. The highest BCUT2D eigenvalue weighted by Crippen LogP contribution is 2.15. The van der Waals surface area contributed by atoms with Crippen LogP contribution in [-0.2, 0) is 11.2 Å². The zero-order valence-corrected chi connectivity index (χ0v) is 10.6. The number of hydrogen-bond acceptors (Lipinski definition) is 3. The molecule has 1 atom stereocenters. The fourth-order valence-corrected chi connectivity index (χ4v) is 1.57. The highest BCUT2D eigenvalue weighted by molar-refractivity contribution is 5.78. The summed E-state index contributed by atoms with van der Waals surface area (Å²) < 4.78 is 28.1. The maximum absolute atomic E-state index is 11.9. The Morgan fingerprint density at radius 3 is 2.53 bits per heavy atom. The molecule has 0 heterocycles. The van der Waals surface area contributed by atoms with Crippen LogP contribution in [0.5, 0.6) is 5.75 Å². The summed E-state index contributed by atoms with van der Waals surface area (Å²) in [6.45, 7) is -1.04. The molecule has 1 aromatic carbocycles. The largest absolute Gasteiger partial charge is 0.435 e. The van der Waals surface area contributed by atoms with Crippen LogP contribution in [0.2, 0.25) is 0 Å². The van der Waals surface area contributed by atoms with Crippen molar-refractivity contribution in [2.75, 3.05) is 6.61 Å². The van der Waals surface area contributed by atoms with E-state index in [9.17, 15) is 13.6 Å². The van der Waals surface area contributed by atoms with Crippen molar-refractivity contribution in [1.29, 1.82) is 0 Å². The summed E-state index contributed by atoms with van der Waals surface area (Å²) in [5, 5.41) is 11.4. The quantitative estimate of drug-likeness (QED) is 0.795. The minimum Gasteiger partial charge on any atom is -0.435 e. The second kappa shape index (κ2) is 7.68. The first kappa shape index (κ1) is 15.4. The lowest BCUT2D eigenvalue weighted by molar-refractivity contribution is -0.121. The van der Waals surface area contributed by atoms with Crippen LogP contribution in [0.1, 0.15) is 18.9 Å². The number of rotatable bonds is 7. The van der Waals surface area contributed by atoms with Gasteiger partial charge in [0.15, 0.2) is 0 Å². The molecule has 0 saturated heterocycles. The molecule has 106 valence electrons. The van der Waals surface area contributed by atoms with Crippen molar-refractivity contribution in [1.82, 2.24) is 5.32 Å². The van der Waals surface area contributed by atoms with Gasteiger partial charge in [0.2, 0.25) is 5.91 Å². The Kier molecular flexibility index (Phi) is 6.21. The molecule has 1 rings (SSSR count). The Morgan fingerprint density at radius 2 is 2.00 bits per heavy atom. The minimum absolute atomic E-state index is 0.0150. The molecule has 1 unspecified atom stereocenters. The molecule has 0 radical (unpaired) electrons. The number of ether oxygens (including phenoxy) is 1. The first-order valence-corrected chi connectivity index (χ1v) is 5.95. The molecule has 1 aromatic rings. The van der Waals surface area contributed by atoms with E-state index in [1.165, 1.54) is 12.1 Å². The number of nitrogens with one attached hydrogen (secondary N) is 1. The van der Waals surface area contributed by atoms with Gasteiger partial charge < -0.3 is 15.2 Å². The van der Waals surface area contributed by atoms with Gasteiger partial charge >= 0.3 is 6.61 Å². The van der Waals surface area contributed by atoms with E-state index >= 15 is 0 Å². The smallest absolute Gasteiger partial charge is 0.387 e. The zero-order valence-electron chi connectivity index (χ0n) is 10.6. The molecule has 0 aromatic heterocycles. The van der Waals surface area contributed by atoms with Crippen LogP contribution < -0.4 is 10.1 Å². The molecule has 0 aliphatic carbocycles. The predicted octanol–water partition coefficient (Wildman–Crippen LogP) is 1.72. The van der Waals surface area contributed by atoms with E-state index in [2.05, 4.69) is 10.1 Å². The van der Waals surface area contributed by atoms with Crippen LogP contribution >= 0.6 is 0 Å². The Balaban J connectivity index is 2.46. The van der Waals surface area contributed by atoms with Crippen molar-refractivity contribution in [3.05, 3.63) is 29.8 Å². The molecule has 0 aliphatic rings. The Morgan fingerprint density at radius 1 is 1.37 bits per heavy atom. The van der Waals surface area contributed by atoms with E-state index in [1.54, 1.807) is 19.1 Å². The van der Waals surface area contributed by atoms with Crippen molar-refractivity contribution in [3.8, 4) is 5.75 Å². The number of aliphatic hydroxyl groups is 1. The summed E-state index contributed by atoms with van der Waals surface area (Å²) in [4.78, 5) is 11.6. The molecule has 2 N–H and O–H groups in total. The number of carbonyl (C=O) groups excluding carboxylic acids is 1. The number of benzene rings is 1. The molecule has 0 bridgehead atoms. The Bertz CT molecular complexity index is 395. The van der Waals surface area contributed by atoms with Crippen LogP contribution in [-0.4, -0.2) is 30.3 Å². The third-order valence-corrected chi connectivity index (χ3v) is 2.48. The number of halogens is 2. The van der Waals surface area contributed by atoms with E-state index in [-0.39, 0.29) is 30.7 Å². The van der Waals surface area contributed by atoms with E-state index in [1.807, 2.05) is 0 Å². The van der Waals surface area contributed by atoms with E-state index in [0.717, 1.165) is 0 Å². The first-order valence-electron chi connectivity index (χ1n) is 5.95. The Hall–Kier alpha value is -1.69. The van der Waals surface area contributed by atoms with Gasteiger partial charge in [-0.2, -0.15) is 8.78 Å². The number of carbonyl (C=O) groups is 1. The van der Waals surface area contributed by atoms with E-state index < -0.39 is 6.61 Å². The molecule has 0 spiro atoms. The van der Waals surface area contributed by atoms with Gasteiger partial charge in [-0.3, -0.25) is 4.79 Å². The van der Waals surface area contributed by atoms with Gasteiger partial charge in [0.1, 0.15) is 5.75 Å². The normalized spacial score (nSPS) is 12.3. The van der Waals surface area contributed by atoms with Crippen molar-refractivity contribution >= 4 is 5.91 Å². The van der Waals surface area contributed by atoms with Crippen molar-refractivity contribution in [2.24, 2.45) is 0 Å². The number of hydrogen-bond donors (Lipinski definition) is 2. The fraction of sp³-hybridized carbons (Fsp3) is 0.462. The van der Waals surface area contributed by atoms with Crippen molar-refractivity contribution < 1.29 is 23.4 Å². The first-order chi connectivity index (χ1) is 9.01. The lowest BCUT2D eigenvalue weighted by atomic mass is 10.1. The van der Waals surface area contributed by atoms with Crippen LogP contribution in [0, 0.1) is 0 Å². The monoisotopic (exact) mass is 273 g/mol. The van der Waals surface area contributed by atoms with Gasteiger partial charge in [-0.25, -0.2) is 0 Å². The molecular weight excluding hydrogens is 256 g/mol. The molecule has 0 fully saturated rings. The average molecular weight is 273 g/mol. The molecule has 1 amide bonds. The molecule has 4 nitrogen and oxygen atoms in total. The van der Waals surface area contributed by atoms with E-state index in [4.69, 9.17) is 5.11 Å². The van der Waals surface area contributed by atoms with Crippen LogP contribution in [0.15, 0.2) is 24.3 Å².